The second kappa shape index (κ2) is 11.2. The summed E-state index contributed by atoms with van der Waals surface area (Å²) in [5.41, 5.74) is 2.49. The van der Waals surface area contributed by atoms with Crippen LogP contribution in [0.2, 0.25) is 0 Å². The largest absolute Gasteiger partial charge is 0.508 e. The van der Waals surface area contributed by atoms with Gasteiger partial charge in [-0.3, -0.25) is 19.3 Å². The lowest BCUT2D eigenvalue weighted by molar-refractivity contribution is -0.153. The molecule has 0 saturated heterocycles. The Morgan fingerprint density at radius 1 is 1.11 bits per heavy atom. The third kappa shape index (κ3) is 4.95. The number of rotatable bonds is 6. The quantitative estimate of drug-likeness (QED) is 0.254. The second-order valence-electron chi connectivity index (χ2n) is 11.8. The maximum atomic E-state index is 14.1. The Kier molecular flexibility index (Phi) is 7.83. The highest BCUT2D eigenvalue weighted by Crippen LogP contribution is 2.54. The zero-order chi connectivity index (χ0) is 33.1. The number of nitrogens with two attached hydrogens (primary N) is 1. The molecule has 1 fully saturated rings. The monoisotopic (exact) mass is 624 g/mol. The van der Waals surface area contributed by atoms with Crippen LogP contribution in [0.3, 0.4) is 0 Å². The van der Waals surface area contributed by atoms with Gasteiger partial charge in [-0.1, -0.05) is 0 Å². The maximum Gasteiger partial charge on any atom is 0.412 e. The van der Waals surface area contributed by atoms with E-state index in [2.05, 4.69) is 5.32 Å². The number of hydrogen-bond donors (Lipinski definition) is 6. The molecule has 2 aromatic rings. The molecule has 4 unspecified atom stereocenters. The summed E-state index contributed by atoms with van der Waals surface area (Å²) >= 11 is 0. The number of ether oxygens (including phenoxy) is 1. The molecular formula is C31H33FN4O9. The number of hydrogen-bond acceptors (Lipinski definition) is 11. The average Bonchev–Trinajstić information content (AvgIpc) is 2.95. The molecule has 7 N–H and O–H groups in total. The molecule has 45 heavy (non-hydrogen) atoms. The molecule has 5 rings (SSSR count). The van der Waals surface area contributed by atoms with E-state index in [0.717, 1.165) is 12.1 Å². The second-order valence-corrected chi connectivity index (χ2v) is 11.8. The molecule has 2 aromatic carbocycles. The van der Waals surface area contributed by atoms with Crippen molar-refractivity contribution in [3.8, 4) is 11.5 Å². The smallest absolute Gasteiger partial charge is 0.412 e. The number of fused-ring (bicyclic) bond motifs is 3. The van der Waals surface area contributed by atoms with Crippen LogP contribution >= 0.6 is 0 Å². The molecule has 4 atom stereocenters. The number of carbonyl (C=O) groups excluding carboxylic acids is 4. The summed E-state index contributed by atoms with van der Waals surface area (Å²) in [5, 5.41) is 48.2. The molecule has 0 aliphatic heterocycles. The van der Waals surface area contributed by atoms with Crippen LogP contribution < -0.4 is 20.7 Å². The van der Waals surface area contributed by atoms with E-state index in [1.807, 2.05) is 0 Å². The number of Topliss-reactive ketones (excluding diaryl/α,β-unsaturated/α-hetero) is 2. The molecule has 14 heteroatoms. The molecule has 2 amide bonds. The van der Waals surface area contributed by atoms with Gasteiger partial charge in [-0.15, -0.1) is 0 Å². The number of likely N-dealkylation sites (N-methyl/N-ethyl adjacent to an activating group) is 1. The van der Waals surface area contributed by atoms with Crippen LogP contribution in [0.4, 0.5) is 14.9 Å². The van der Waals surface area contributed by atoms with Crippen LogP contribution in [0.1, 0.15) is 23.1 Å². The first kappa shape index (κ1) is 31.5. The van der Waals surface area contributed by atoms with Gasteiger partial charge < -0.3 is 41.1 Å². The molecule has 3 aliphatic carbocycles. The number of halogens is 1. The number of phenols is 1. The number of nitrogens with zero attached hydrogens (tertiary/aromatic N) is 2. The fourth-order valence-electron chi connectivity index (χ4n) is 6.69. The van der Waals surface area contributed by atoms with Crippen molar-refractivity contribution in [2.45, 2.75) is 31.0 Å². The molecule has 0 aromatic heterocycles. The highest BCUT2D eigenvalue weighted by molar-refractivity contribution is 6.24. The van der Waals surface area contributed by atoms with E-state index in [0.29, 0.717) is 11.3 Å². The lowest BCUT2D eigenvalue weighted by atomic mass is 9.57. The standard InChI is InChI=1S/C31H33FN4O9/c1-35(2)19-11-14(12-34-30(43)45-16-7-5-15(32)6-8-16)24(37)21-17(19)9-13-10-18-23(36(3)4)26(39)22(29(33)42)28(41)31(18,44)27(40)20(13)25(21)38/h5-8,11,13,18,23,37-38,41,44H,9-10,12H2,1-4H3,(H2,33,42)(H,34,43). The SMILES string of the molecule is CN(C)c1cc(CNC(=O)Oc2ccc(F)cc2)c(O)c2c1CC1CC3C(N(C)C)C(=O)C(C(N)=O)=C(O)C3(O)C(=O)C1=C2O. The van der Waals surface area contributed by atoms with Gasteiger partial charge in [-0.05, 0) is 68.8 Å². The predicted molar refractivity (Wildman–Crippen MR) is 158 cm³/mol. The van der Waals surface area contributed by atoms with Crippen LogP contribution in [-0.2, 0) is 27.3 Å². The maximum absolute atomic E-state index is 14.1. The first-order valence-electron chi connectivity index (χ1n) is 14.0. The Hall–Kier alpha value is -4.95. The minimum atomic E-state index is -2.76. The van der Waals surface area contributed by atoms with Crippen LogP contribution in [-0.4, -0.2) is 88.7 Å². The predicted octanol–water partition coefficient (Wildman–Crippen LogP) is 1.46. The molecule has 1 saturated carbocycles. The minimum absolute atomic E-state index is 0.0437. The molecule has 0 bridgehead atoms. The zero-order valence-corrected chi connectivity index (χ0v) is 24.9. The Labute approximate surface area is 257 Å². The first-order valence-corrected chi connectivity index (χ1v) is 14.0. The van der Waals surface area contributed by atoms with E-state index in [9.17, 15) is 44.0 Å². The van der Waals surface area contributed by atoms with Crippen LogP contribution in [0, 0.1) is 17.7 Å². The molecule has 0 spiro atoms. The summed E-state index contributed by atoms with van der Waals surface area (Å²) in [6.45, 7) is -0.274. The van der Waals surface area contributed by atoms with Gasteiger partial charge in [0.2, 0.25) is 5.78 Å². The Morgan fingerprint density at radius 3 is 2.33 bits per heavy atom. The number of phenolic OH excluding ortho intramolecular Hbond substituents is 1. The third-order valence-corrected chi connectivity index (χ3v) is 8.71. The number of aliphatic hydroxyl groups excluding tert-OH is 2. The summed E-state index contributed by atoms with van der Waals surface area (Å²) < 4.78 is 18.3. The molecular weight excluding hydrogens is 591 g/mol. The fourth-order valence-corrected chi connectivity index (χ4v) is 6.69. The number of anilines is 1. The summed E-state index contributed by atoms with van der Waals surface area (Å²) in [6.07, 6.45) is -0.841. The van der Waals surface area contributed by atoms with Crippen LogP contribution in [0.15, 0.2) is 47.2 Å². The molecule has 3 aliphatic rings. The normalized spacial score (nSPS) is 24.2. The Balaban J connectivity index is 1.57. The van der Waals surface area contributed by atoms with Gasteiger partial charge in [-0.2, -0.15) is 0 Å². The van der Waals surface area contributed by atoms with Gasteiger partial charge >= 0.3 is 6.09 Å². The Bertz CT molecular complexity index is 1700. The number of ketones is 2. The minimum Gasteiger partial charge on any atom is -0.508 e. The number of nitrogens with one attached hydrogen (secondary N) is 1. The van der Waals surface area contributed by atoms with Gasteiger partial charge in [0.25, 0.3) is 5.91 Å². The van der Waals surface area contributed by atoms with E-state index in [1.54, 1.807) is 25.1 Å². The van der Waals surface area contributed by atoms with Gasteiger partial charge in [0.05, 0.1) is 11.6 Å². The van der Waals surface area contributed by atoms with Gasteiger partial charge in [0.15, 0.2) is 11.4 Å². The zero-order valence-electron chi connectivity index (χ0n) is 24.9. The number of amides is 2. The number of benzene rings is 2. The van der Waals surface area contributed by atoms with Crippen LogP contribution in [0.25, 0.3) is 5.76 Å². The molecule has 13 nitrogen and oxygen atoms in total. The van der Waals surface area contributed by atoms with Gasteiger partial charge in [0.1, 0.15) is 34.4 Å². The van der Waals surface area contributed by atoms with Crippen LogP contribution in [0.5, 0.6) is 11.5 Å². The summed E-state index contributed by atoms with van der Waals surface area (Å²) in [4.78, 5) is 55.1. The number of carbonyl (C=O) groups is 4. The number of aromatic hydroxyl groups is 1. The fraction of sp³-hybridized carbons (Fsp3) is 0.355. The average molecular weight is 625 g/mol. The van der Waals surface area contributed by atoms with E-state index < -0.39 is 75.7 Å². The van der Waals surface area contributed by atoms with Crippen molar-refractivity contribution in [3.63, 3.8) is 0 Å². The number of aliphatic hydroxyl groups is 3. The first-order chi connectivity index (χ1) is 21.1. The lowest BCUT2D eigenvalue weighted by Gasteiger charge is -2.50. The summed E-state index contributed by atoms with van der Waals surface area (Å²) in [7, 11) is 6.51. The third-order valence-electron chi connectivity index (χ3n) is 8.71. The highest BCUT2D eigenvalue weighted by Gasteiger charge is 2.64. The van der Waals surface area contributed by atoms with E-state index in [1.165, 1.54) is 31.1 Å². The van der Waals surface area contributed by atoms with Crippen molar-refractivity contribution in [1.29, 1.82) is 0 Å². The lowest BCUT2D eigenvalue weighted by Crippen LogP contribution is -2.65. The van der Waals surface area contributed by atoms with E-state index in [4.69, 9.17) is 10.5 Å². The summed E-state index contributed by atoms with van der Waals surface area (Å²) in [6, 6.07) is 5.17. The van der Waals surface area contributed by atoms with Crippen molar-refractivity contribution in [2.24, 2.45) is 17.6 Å². The van der Waals surface area contributed by atoms with Crippen molar-refractivity contribution < 1.29 is 48.7 Å². The molecule has 238 valence electrons. The highest BCUT2D eigenvalue weighted by atomic mass is 19.1. The topological polar surface area (TPSA) is 203 Å². The van der Waals surface area contributed by atoms with E-state index >= 15 is 0 Å². The summed E-state index contributed by atoms with van der Waals surface area (Å²) in [5.74, 6) is -7.91. The number of primary amides is 1. The van der Waals surface area contributed by atoms with Crippen molar-refractivity contribution in [2.75, 3.05) is 33.1 Å². The van der Waals surface area contributed by atoms with Gasteiger partial charge in [0, 0.05) is 43.4 Å². The van der Waals surface area contributed by atoms with Crippen molar-refractivity contribution in [3.05, 3.63) is 69.7 Å². The van der Waals surface area contributed by atoms with E-state index in [-0.39, 0.29) is 41.8 Å². The molecule has 0 heterocycles. The van der Waals surface area contributed by atoms with Gasteiger partial charge in [-0.25, -0.2) is 9.18 Å². The van der Waals surface area contributed by atoms with Crippen molar-refractivity contribution in [1.82, 2.24) is 10.2 Å². The van der Waals surface area contributed by atoms with Crippen molar-refractivity contribution >= 4 is 35.0 Å². The Morgan fingerprint density at radius 2 is 1.76 bits per heavy atom. The molecule has 0 radical (unpaired) electrons.